The van der Waals surface area contributed by atoms with Gasteiger partial charge in [0.25, 0.3) is 0 Å². The fourth-order valence-corrected chi connectivity index (χ4v) is 0.856. The summed E-state index contributed by atoms with van der Waals surface area (Å²) in [4.78, 5) is 10.8. The van der Waals surface area contributed by atoms with Gasteiger partial charge in [-0.2, -0.15) is 0 Å². The van der Waals surface area contributed by atoms with E-state index in [2.05, 4.69) is 0 Å². The van der Waals surface area contributed by atoms with Gasteiger partial charge in [0.1, 0.15) is 11.9 Å². The Morgan fingerprint density at radius 1 is 1.70 bits per heavy atom. The lowest BCUT2D eigenvalue weighted by Gasteiger charge is -2.19. The first kappa shape index (κ1) is 7.12. The Balaban J connectivity index is 2.85. The number of hydrogen-bond donors (Lipinski definition) is 1. The number of ether oxygens (including phenoxy) is 1. The summed E-state index contributed by atoms with van der Waals surface area (Å²) in [5, 5.41) is 9.10. The molecule has 1 N–H and O–H groups in total. The monoisotopic (exact) mass is 142 g/mol. The molecule has 3 nitrogen and oxygen atoms in total. The zero-order valence-corrected chi connectivity index (χ0v) is 6.05. The van der Waals surface area contributed by atoms with Crippen molar-refractivity contribution in [3.05, 3.63) is 11.3 Å². The fraction of sp³-hybridized carbons (Fsp3) is 0.571. The first-order valence-electron chi connectivity index (χ1n) is 3.21. The van der Waals surface area contributed by atoms with Gasteiger partial charge in [0, 0.05) is 6.42 Å². The molecular weight excluding hydrogens is 132 g/mol. The van der Waals surface area contributed by atoms with Crippen LogP contribution in [-0.2, 0) is 9.53 Å². The molecule has 0 aromatic rings. The van der Waals surface area contributed by atoms with Crippen LogP contribution < -0.4 is 0 Å². The minimum Gasteiger partial charge on any atom is -0.512 e. The molecule has 1 aliphatic heterocycles. The number of aliphatic hydroxyl groups is 1. The molecule has 3 heteroatoms. The van der Waals surface area contributed by atoms with Gasteiger partial charge in [0.2, 0.25) is 0 Å². The number of hydrogen-bond acceptors (Lipinski definition) is 3. The van der Waals surface area contributed by atoms with Crippen LogP contribution in [0.4, 0.5) is 0 Å². The lowest BCUT2D eigenvalue weighted by Crippen LogP contribution is -2.22. The van der Waals surface area contributed by atoms with E-state index in [1.54, 1.807) is 13.8 Å². The Hall–Kier alpha value is -0.990. The van der Waals surface area contributed by atoms with Gasteiger partial charge in [-0.25, -0.2) is 4.79 Å². The molecule has 0 fully saturated rings. The fourth-order valence-electron chi connectivity index (χ4n) is 0.856. The highest BCUT2D eigenvalue weighted by atomic mass is 16.5. The Morgan fingerprint density at radius 3 is 2.80 bits per heavy atom. The highest BCUT2D eigenvalue weighted by Gasteiger charge is 2.22. The number of aliphatic hydroxyl groups excluding tert-OH is 1. The van der Waals surface area contributed by atoms with Gasteiger partial charge in [-0.15, -0.1) is 0 Å². The van der Waals surface area contributed by atoms with E-state index < -0.39 is 5.97 Å². The van der Waals surface area contributed by atoms with E-state index in [1.807, 2.05) is 0 Å². The van der Waals surface area contributed by atoms with Crippen molar-refractivity contribution in [1.29, 1.82) is 0 Å². The van der Waals surface area contributed by atoms with Crippen LogP contribution in [0.5, 0.6) is 0 Å². The quantitative estimate of drug-likeness (QED) is 0.516. The molecule has 0 amide bonds. The molecule has 1 atom stereocenters. The van der Waals surface area contributed by atoms with Crippen LogP contribution in [-0.4, -0.2) is 17.2 Å². The van der Waals surface area contributed by atoms with Gasteiger partial charge < -0.3 is 9.84 Å². The van der Waals surface area contributed by atoms with Crippen LogP contribution in [0.2, 0.25) is 0 Å². The maximum absolute atomic E-state index is 10.8. The van der Waals surface area contributed by atoms with Crippen molar-refractivity contribution < 1.29 is 14.6 Å². The third-order valence-corrected chi connectivity index (χ3v) is 1.53. The number of cyclic esters (lactones) is 1. The van der Waals surface area contributed by atoms with Crippen molar-refractivity contribution in [2.24, 2.45) is 0 Å². The van der Waals surface area contributed by atoms with E-state index in [1.165, 1.54) is 0 Å². The van der Waals surface area contributed by atoms with Crippen molar-refractivity contribution in [3.63, 3.8) is 0 Å². The largest absolute Gasteiger partial charge is 0.512 e. The van der Waals surface area contributed by atoms with Gasteiger partial charge in [-0.05, 0) is 13.8 Å². The standard InChI is InChI=1S/C7H10O3/c1-4-3-6(8)5(2)7(9)10-4/h4,8H,3H2,1-2H3/t4-/m0/s1. The lowest BCUT2D eigenvalue weighted by molar-refractivity contribution is -0.145. The predicted molar refractivity (Wildman–Crippen MR) is 35.5 cm³/mol. The summed E-state index contributed by atoms with van der Waals surface area (Å²) in [7, 11) is 0. The Kier molecular flexibility index (Phi) is 1.66. The Morgan fingerprint density at radius 2 is 2.30 bits per heavy atom. The van der Waals surface area contributed by atoms with Crippen LogP contribution >= 0.6 is 0 Å². The molecule has 0 aliphatic carbocycles. The number of carbonyl (C=O) groups excluding carboxylic acids is 1. The number of carbonyl (C=O) groups is 1. The van der Waals surface area contributed by atoms with Crippen LogP contribution in [0.15, 0.2) is 11.3 Å². The summed E-state index contributed by atoms with van der Waals surface area (Å²) < 4.78 is 4.81. The summed E-state index contributed by atoms with van der Waals surface area (Å²) >= 11 is 0. The van der Waals surface area contributed by atoms with E-state index in [9.17, 15) is 4.79 Å². The van der Waals surface area contributed by atoms with E-state index in [4.69, 9.17) is 9.84 Å². The minimum atomic E-state index is -0.406. The smallest absolute Gasteiger partial charge is 0.337 e. The first-order valence-corrected chi connectivity index (χ1v) is 3.21. The summed E-state index contributed by atoms with van der Waals surface area (Å²) in [5.41, 5.74) is 0.332. The van der Waals surface area contributed by atoms with Crippen molar-refractivity contribution in [2.75, 3.05) is 0 Å². The summed E-state index contributed by atoms with van der Waals surface area (Å²) in [6, 6.07) is 0. The van der Waals surface area contributed by atoms with E-state index in [0.29, 0.717) is 12.0 Å². The minimum absolute atomic E-state index is 0.156. The second-order valence-corrected chi connectivity index (χ2v) is 2.49. The van der Waals surface area contributed by atoms with Crippen LogP contribution in [0.1, 0.15) is 20.3 Å². The SMILES string of the molecule is CC1=C(O)C[C@H](C)OC1=O. The van der Waals surface area contributed by atoms with Crippen molar-refractivity contribution in [2.45, 2.75) is 26.4 Å². The second kappa shape index (κ2) is 2.33. The molecule has 10 heavy (non-hydrogen) atoms. The number of esters is 1. The molecule has 1 rings (SSSR count). The second-order valence-electron chi connectivity index (χ2n) is 2.49. The predicted octanol–water partition coefficient (Wildman–Crippen LogP) is 1.15. The van der Waals surface area contributed by atoms with Gasteiger partial charge in [-0.3, -0.25) is 0 Å². The lowest BCUT2D eigenvalue weighted by atomic mass is 10.1. The summed E-state index contributed by atoms with van der Waals surface area (Å²) in [6.07, 6.45) is 0.258. The molecule has 1 heterocycles. The zero-order valence-electron chi connectivity index (χ0n) is 6.05. The highest BCUT2D eigenvalue weighted by Crippen LogP contribution is 2.18. The molecule has 0 saturated carbocycles. The molecule has 0 radical (unpaired) electrons. The van der Waals surface area contributed by atoms with Gasteiger partial charge >= 0.3 is 5.97 Å². The maximum Gasteiger partial charge on any atom is 0.337 e. The van der Waals surface area contributed by atoms with E-state index >= 15 is 0 Å². The Labute approximate surface area is 59.3 Å². The van der Waals surface area contributed by atoms with Gasteiger partial charge in [-0.1, -0.05) is 0 Å². The molecule has 0 bridgehead atoms. The average molecular weight is 142 g/mol. The zero-order chi connectivity index (χ0) is 7.72. The van der Waals surface area contributed by atoms with Crippen LogP contribution in [0.25, 0.3) is 0 Å². The first-order chi connectivity index (χ1) is 4.61. The number of rotatable bonds is 0. The van der Waals surface area contributed by atoms with E-state index in [0.717, 1.165) is 0 Å². The Bertz CT molecular complexity index is 193. The van der Waals surface area contributed by atoms with E-state index in [-0.39, 0.29) is 11.9 Å². The summed E-state index contributed by atoms with van der Waals surface area (Å²) in [6.45, 7) is 3.31. The molecule has 56 valence electrons. The molecule has 0 unspecified atom stereocenters. The molecule has 0 aromatic carbocycles. The normalized spacial score (nSPS) is 26.6. The van der Waals surface area contributed by atoms with Crippen molar-refractivity contribution in [1.82, 2.24) is 0 Å². The van der Waals surface area contributed by atoms with Crippen molar-refractivity contribution >= 4 is 5.97 Å². The molecular formula is C7H10O3. The third kappa shape index (κ3) is 1.12. The van der Waals surface area contributed by atoms with Crippen LogP contribution in [0, 0.1) is 0 Å². The molecule has 1 aliphatic rings. The molecule has 0 spiro atoms. The van der Waals surface area contributed by atoms with Gasteiger partial charge in [0.15, 0.2) is 0 Å². The molecule has 0 saturated heterocycles. The van der Waals surface area contributed by atoms with Crippen molar-refractivity contribution in [3.8, 4) is 0 Å². The van der Waals surface area contributed by atoms with Gasteiger partial charge in [0.05, 0.1) is 5.57 Å². The topological polar surface area (TPSA) is 46.5 Å². The third-order valence-electron chi connectivity index (χ3n) is 1.53. The summed E-state index contributed by atoms with van der Waals surface area (Å²) in [5.74, 6) is -0.250. The highest BCUT2D eigenvalue weighted by molar-refractivity contribution is 5.89. The van der Waals surface area contributed by atoms with Crippen LogP contribution in [0.3, 0.4) is 0 Å². The molecule has 0 aromatic heterocycles. The maximum atomic E-state index is 10.8. The average Bonchev–Trinajstić information content (AvgIpc) is 1.82.